The number of carbonyl (C=O) groups is 1. The molecular weight excluding hydrogens is 238 g/mol. The first-order valence-electron chi connectivity index (χ1n) is 5.00. The summed E-state index contributed by atoms with van der Waals surface area (Å²) >= 11 is 0. The van der Waals surface area contributed by atoms with Crippen LogP contribution in [0.2, 0.25) is 0 Å². The fraction of sp³-hybridized carbons (Fsp3) is 0.0909. The maximum Gasteiger partial charge on any atom is 0.356 e. The molecule has 0 spiro atoms. The molecule has 1 aromatic heterocycles. The van der Waals surface area contributed by atoms with Gasteiger partial charge in [-0.3, -0.25) is 10.1 Å². The van der Waals surface area contributed by atoms with Crippen LogP contribution in [-0.4, -0.2) is 28.0 Å². The second-order valence-corrected chi connectivity index (χ2v) is 3.44. The second kappa shape index (κ2) is 4.66. The molecule has 0 atom stereocenters. The Bertz CT molecular complexity index is 589. The summed E-state index contributed by atoms with van der Waals surface area (Å²) in [5, 5.41) is 10.5. The molecule has 2 aromatic rings. The van der Waals surface area contributed by atoms with E-state index in [0.717, 1.165) is 0 Å². The zero-order valence-corrected chi connectivity index (χ0v) is 9.41. The molecular formula is C11H9N3O4. The lowest BCUT2D eigenvalue weighted by Crippen LogP contribution is -2.00. The van der Waals surface area contributed by atoms with Crippen molar-refractivity contribution in [1.29, 1.82) is 0 Å². The van der Waals surface area contributed by atoms with Gasteiger partial charge in [0.15, 0.2) is 0 Å². The average molecular weight is 247 g/mol. The highest BCUT2D eigenvalue weighted by atomic mass is 16.6. The molecule has 18 heavy (non-hydrogen) atoms. The highest BCUT2D eigenvalue weighted by Gasteiger charge is 2.11. The van der Waals surface area contributed by atoms with E-state index in [1.807, 2.05) is 0 Å². The van der Waals surface area contributed by atoms with Gasteiger partial charge in [0.05, 0.1) is 18.2 Å². The van der Waals surface area contributed by atoms with Gasteiger partial charge in [0.1, 0.15) is 11.5 Å². The summed E-state index contributed by atoms with van der Waals surface area (Å²) < 4.78 is 4.54. The Labute approximate surface area is 102 Å². The third kappa shape index (κ3) is 2.19. The minimum atomic E-state index is -0.518. The Hall–Kier alpha value is -2.70. The maximum atomic E-state index is 11.2. The number of benzene rings is 1. The van der Waals surface area contributed by atoms with Gasteiger partial charge < -0.3 is 9.72 Å². The molecule has 1 heterocycles. The predicted molar refractivity (Wildman–Crippen MR) is 62.0 cm³/mol. The number of ether oxygens (including phenoxy) is 1. The largest absolute Gasteiger partial charge is 0.464 e. The lowest BCUT2D eigenvalue weighted by molar-refractivity contribution is -0.384. The van der Waals surface area contributed by atoms with E-state index in [0.29, 0.717) is 11.4 Å². The zero-order chi connectivity index (χ0) is 13.1. The van der Waals surface area contributed by atoms with Gasteiger partial charge in [0.25, 0.3) is 5.69 Å². The number of methoxy groups -OCH3 is 1. The van der Waals surface area contributed by atoms with Gasteiger partial charge in [0.2, 0.25) is 0 Å². The molecule has 0 amide bonds. The molecule has 0 aliphatic heterocycles. The molecule has 0 unspecified atom stereocenters. The molecule has 1 aromatic carbocycles. The van der Waals surface area contributed by atoms with Crippen LogP contribution in [0, 0.1) is 10.1 Å². The Kier molecular flexibility index (Phi) is 3.05. The van der Waals surface area contributed by atoms with Gasteiger partial charge in [0, 0.05) is 17.7 Å². The van der Waals surface area contributed by atoms with E-state index >= 15 is 0 Å². The van der Waals surface area contributed by atoms with E-state index in [2.05, 4.69) is 14.7 Å². The normalized spacial score (nSPS) is 10.1. The number of nitro groups is 1. The molecule has 0 saturated heterocycles. The smallest absolute Gasteiger partial charge is 0.356 e. The van der Waals surface area contributed by atoms with Crippen molar-refractivity contribution in [2.24, 2.45) is 0 Å². The van der Waals surface area contributed by atoms with Crippen molar-refractivity contribution in [2.45, 2.75) is 0 Å². The topological polar surface area (TPSA) is 98.1 Å². The summed E-state index contributed by atoms with van der Waals surface area (Å²) in [7, 11) is 1.27. The van der Waals surface area contributed by atoms with E-state index in [1.54, 1.807) is 12.1 Å². The van der Waals surface area contributed by atoms with Crippen LogP contribution >= 0.6 is 0 Å². The molecule has 92 valence electrons. The van der Waals surface area contributed by atoms with E-state index in [9.17, 15) is 14.9 Å². The van der Waals surface area contributed by atoms with Crippen LogP contribution in [0.4, 0.5) is 5.69 Å². The Morgan fingerprint density at radius 1 is 1.39 bits per heavy atom. The van der Waals surface area contributed by atoms with Crippen molar-refractivity contribution >= 4 is 11.7 Å². The minimum absolute atomic E-state index is 0.00139. The third-order valence-electron chi connectivity index (χ3n) is 2.33. The van der Waals surface area contributed by atoms with Gasteiger partial charge in [-0.25, -0.2) is 9.78 Å². The van der Waals surface area contributed by atoms with Crippen molar-refractivity contribution in [3.05, 3.63) is 46.3 Å². The minimum Gasteiger partial charge on any atom is -0.464 e. The number of rotatable bonds is 3. The highest BCUT2D eigenvalue weighted by molar-refractivity contribution is 5.87. The molecule has 0 saturated carbocycles. The number of imidazole rings is 1. The number of nitrogens with zero attached hydrogens (tertiary/aromatic N) is 2. The number of aromatic amines is 1. The van der Waals surface area contributed by atoms with Gasteiger partial charge in [-0.05, 0) is 12.1 Å². The van der Waals surface area contributed by atoms with E-state index in [4.69, 9.17) is 0 Å². The number of non-ortho nitro benzene ring substituents is 1. The summed E-state index contributed by atoms with van der Waals surface area (Å²) in [6.45, 7) is 0. The summed E-state index contributed by atoms with van der Waals surface area (Å²) in [6.07, 6.45) is 1.35. The number of H-pyrrole nitrogens is 1. The summed E-state index contributed by atoms with van der Waals surface area (Å²) in [5.74, 6) is -0.0686. The molecule has 7 heteroatoms. The van der Waals surface area contributed by atoms with Crippen molar-refractivity contribution in [2.75, 3.05) is 7.11 Å². The predicted octanol–water partition coefficient (Wildman–Crippen LogP) is 1.77. The first-order chi connectivity index (χ1) is 8.61. The van der Waals surface area contributed by atoms with E-state index < -0.39 is 10.9 Å². The molecule has 2 rings (SSSR count). The molecule has 0 aliphatic carbocycles. The van der Waals surface area contributed by atoms with Crippen molar-refractivity contribution in [3.8, 4) is 11.4 Å². The SMILES string of the molecule is COC(=O)c1cnc(-c2ccc([N+](=O)[O-])cc2)[nH]1. The lowest BCUT2D eigenvalue weighted by Gasteiger charge is -1.96. The summed E-state index contributed by atoms with van der Waals surface area (Å²) in [5.41, 5.74) is 0.875. The van der Waals surface area contributed by atoms with Crippen LogP contribution < -0.4 is 0 Å². The van der Waals surface area contributed by atoms with Gasteiger partial charge >= 0.3 is 5.97 Å². The summed E-state index contributed by atoms with van der Waals surface area (Å²) in [4.78, 5) is 28.0. The first-order valence-corrected chi connectivity index (χ1v) is 5.00. The van der Waals surface area contributed by atoms with Gasteiger partial charge in [-0.2, -0.15) is 0 Å². The zero-order valence-electron chi connectivity index (χ0n) is 9.41. The Morgan fingerprint density at radius 2 is 2.06 bits per heavy atom. The highest BCUT2D eigenvalue weighted by Crippen LogP contribution is 2.19. The molecule has 7 nitrogen and oxygen atoms in total. The van der Waals surface area contributed by atoms with Crippen LogP contribution in [0.3, 0.4) is 0 Å². The Morgan fingerprint density at radius 3 is 2.61 bits per heavy atom. The quantitative estimate of drug-likeness (QED) is 0.506. The lowest BCUT2D eigenvalue weighted by atomic mass is 10.2. The standard InChI is InChI=1S/C11H9N3O4/c1-18-11(15)9-6-12-10(13-9)7-2-4-8(5-3-7)14(16)17/h2-6H,1H3,(H,12,13). The van der Waals surface area contributed by atoms with Crippen LogP contribution in [0.5, 0.6) is 0 Å². The van der Waals surface area contributed by atoms with E-state index in [1.165, 1.54) is 25.4 Å². The van der Waals surface area contributed by atoms with Crippen molar-refractivity contribution in [3.63, 3.8) is 0 Å². The van der Waals surface area contributed by atoms with Gasteiger partial charge in [-0.1, -0.05) is 0 Å². The molecule has 0 fully saturated rings. The number of nitrogens with one attached hydrogen (secondary N) is 1. The van der Waals surface area contributed by atoms with Crippen molar-refractivity contribution < 1.29 is 14.5 Å². The Balaban J connectivity index is 2.29. The van der Waals surface area contributed by atoms with Crippen LogP contribution in [0.25, 0.3) is 11.4 Å². The number of hydrogen-bond acceptors (Lipinski definition) is 5. The monoisotopic (exact) mass is 247 g/mol. The van der Waals surface area contributed by atoms with Crippen molar-refractivity contribution in [1.82, 2.24) is 9.97 Å². The summed E-state index contributed by atoms with van der Waals surface area (Å²) in [6, 6.07) is 5.85. The molecule has 0 aliphatic rings. The number of nitro benzene ring substituents is 1. The average Bonchev–Trinajstić information content (AvgIpc) is 2.87. The fourth-order valence-electron chi connectivity index (χ4n) is 1.42. The fourth-order valence-corrected chi connectivity index (χ4v) is 1.42. The molecule has 0 bridgehead atoms. The maximum absolute atomic E-state index is 11.2. The number of aromatic nitrogens is 2. The molecule has 0 radical (unpaired) electrons. The van der Waals surface area contributed by atoms with Crippen LogP contribution in [0.15, 0.2) is 30.5 Å². The van der Waals surface area contributed by atoms with Crippen LogP contribution in [-0.2, 0) is 4.74 Å². The number of esters is 1. The second-order valence-electron chi connectivity index (χ2n) is 3.44. The van der Waals surface area contributed by atoms with Crippen LogP contribution in [0.1, 0.15) is 10.5 Å². The molecule has 1 N–H and O–H groups in total. The third-order valence-corrected chi connectivity index (χ3v) is 2.33. The number of carbonyl (C=O) groups excluding carboxylic acids is 1. The first kappa shape index (κ1) is 11.8. The van der Waals surface area contributed by atoms with Gasteiger partial charge in [-0.15, -0.1) is 0 Å². The number of hydrogen-bond donors (Lipinski definition) is 1. The van der Waals surface area contributed by atoms with E-state index in [-0.39, 0.29) is 11.4 Å².